The van der Waals surface area contributed by atoms with Crippen LogP contribution in [0.25, 0.3) is 0 Å². The Morgan fingerprint density at radius 1 is 0.529 bits per heavy atom. The molecule has 0 aliphatic heterocycles. The van der Waals surface area contributed by atoms with Gasteiger partial charge < -0.3 is 59.3 Å². The van der Waals surface area contributed by atoms with Crippen molar-refractivity contribution in [3.63, 3.8) is 0 Å². The van der Waals surface area contributed by atoms with Crippen LogP contribution in [-0.2, 0) is 54.4 Å². The number of carbonyl (C=O) groups excluding carboxylic acids is 10. The van der Waals surface area contributed by atoms with E-state index in [-0.39, 0.29) is 50.1 Å². The van der Waals surface area contributed by atoms with Gasteiger partial charge in [-0.05, 0) is 55.5 Å². The highest BCUT2D eigenvalue weighted by atomic mass is 16.2. The molecule has 21 heteroatoms. The molecule has 0 saturated carbocycles. The molecule has 1 aromatic rings. The fourth-order valence-electron chi connectivity index (χ4n) is 6.84. The molecule has 0 radical (unpaired) electrons. The molecule has 0 aliphatic carbocycles. The number of primary amides is 1. The van der Waals surface area contributed by atoms with Gasteiger partial charge in [0, 0.05) is 12.8 Å². The number of rotatable bonds is 34. The highest BCUT2D eigenvalue weighted by Gasteiger charge is 2.32. The van der Waals surface area contributed by atoms with E-state index in [4.69, 9.17) is 11.5 Å². The number of hydrogen-bond donors (Lipinski definition) is 11. The predicted molar refractivity (Wildman–Crippen MR) is 256 cm³/mol. The van der Waals surface area contributed by atoms with Crippen molar-refractivity contribution in [2.45, 2.75) is 149 Å². The molecule has 0 heterocycles. The average Bonchev–Trinajstić information content (AvgIpc) is 3.29. The van der Waals surface area contributed by atoms with E-state index in [1.165, 1.54) is 0 Å². The Morgan fingerprint density at radius 2 is 1.09 bits per heavy atom. The molecule has 10 amide bonds. The van der Waals surface area contributed by atoms with Crippen LogP contribution in [0.3, 0.4) is 0 Å². The van der Waals surface area contributed by atoms with Crippen LogP contribution in [0.2, 0.25) is 0 Å². The van der Waals surface area contributed by atoms with Gasteiger partial charge in [-0.3, -0.25) is 47.9 Å². The molecular formula is C47H79N11O10. The van der Waals surface area contributed by atoms with Crippen LogP contribution in [-0.4, -0.2) is 122 Å². The van der Waals surface area contributed by atoms with Crippen molar-refractivity contribution in [2.75, 3.05) is 32.7 Å². The highest BCUT2D eigenvalue weighted by Crippen LogP contribution is 2.11. The largest absolute Gasteiger partial charge is 0.368 e. The molecule has 2 unspecified atom stereocenters. The predicted octanol–water partition coefficient (Wildman–Crippen LogP) is -0.549. The van der Waals surface area contributed by atoms with E-state index in [2.05, 4.69) is 54.8 Å². The first-order chi connectivity index (χ1) is 32.2. The van der Waals surface area contributed by atoms with Crippen molar-refractivity contribution in [1.29, 1.82) is 0 Å². The second-order valence-corrected chi connectivity index (χ2v) is 17.8. The minimum absolute atomic E-state index is 0.00893. The van der Waals surface area contributed by atoms with Crippen LogP contribution in [0.5, 0.6) is 0 Å². The van der Waals surface area contributed by atoms with Gasteiger partial charge in [-0.15, -0.1) is 0 Å². The summed E-state index contributed by atoms with van der Waals surface area (Å²) >= 11 is 0. The molecule has 0 aromatic heterocycles. The van der Waals surface area contributed by atoms with Gasteiger partial charge in [0.1, 0.15) is 30.2 Å². The molecule has 0 fully saturated rings. The lowest BCUT2D eigenvalue weighted by Crippen LogP contribution is -2.59. The normalized spacial score (nSPS) is 13.6. The Bertz CT molecular complexity index is 1800. The van der Waals surface area contributed by atoms with Crippen LogP contribution in [0.4, 0.5) is 0 Å². The van der Waals surface area contributed by atoms with Gasteiger partial charge >= 0.3 is 0 Å². The highest BCUT2D eigenvalue weighted by molar-refractivity contribution is 5.97. The molecule has 13 N–H and O–H groups in total. The average molecular weight is 958 g/mol. The van der Waals surface area contributed by atoms with Gasteiger partial charge in [0.15, 0.2) is 0 Å². The third kappa shape index (κ3) is 25.1. The Hall–Kier alpha value is -6.12. The lowest BCUT2D eigenvalue weighted by Gasteiger charge is -2.28. The fraction of sp³-hybridized carbons (Fsp3) is 0.660. The molecule has 0 bridgehead atoms. The maximum absolute atomic E-state index is 13.6. The number of unbranched alkanes of at least 4 members (excludes halogenated alkanes) is 4. The summed E-state index contributed by atoms with van der Waals surface area (Å²) in [5, 5.41) is 23.1. The van der Waals surface area contributed by atoms with E-state index in [1.807, 2.05) is 20.8 Å². The molecular weight excluding hydrogens is 879 g/mol. The van der Waals surface area contributed by atoms with Gasteiger partial charge in [-0.1, -0.05) is 111 Å². The summed E-state index contributed by atoms with van der Waals surface area (Å²) in [5.41, 5.74) is 11.6. The van der Waals surface area contributed by atoms with Gasteiger partial charge in [0.2, 0.25) is 59.1 Å². The van der Waals surface area contributed by atoms with Gasteiger partial charge in [0.25, 0.3) is 0 Å². The van der Waals surface area contributed by atoms with Gasteiger partial charge in [-0.2, -0.15) is 0 Å². The number of nitrogens with two attached hydrogens (primary N) is 2. The maximum Gasteiger partial charge on any atom is 0.243 e. The van der Waals surface area contributed by atoms with Crippen molar-refractivity contribution in [3.05, 3.63) is 35.9 Å². The first kappa shape index (κ1) is 59.9. The zero-order chi connectivity index (χ0) is 51.2. The van der Waals surface area contributed by atoms with Crippen LogP contribution in [0.1, 0.15) is 118 Å². The second kappa shape index (κ2) is 33.4. The quantitative estimate of drug-likeness (QED) is 0.0390. The molecule has 68 heavy (non-hydrogen) atoms. The van der Waals surface area contributed by atoms with Crippen molar-refractivity contribution >= 4 is 59.1 Å². The van der Waals surface area contributed by atoms with E-state index in [1.54, 1.807) is 51.1 Å². The van der Waals surface area contributed by atoms with E-state index in [9.17, 15) is 47.9 Å². The van der Waals surface area contributed by atoms with Crippen molar-refractivity contribution < 1.29 is 47.9 Å². The van der Waals surface area contributed by atoms with Crippen molar-refractivity contribution in [1.82, 2.24) is 47.9 Å². The SMILES string of the molecule is CCCCCCCC(=O)NCC(=O)NC(C(=O)NCC(=O)N[C@H](Cc1ccccc1)C(=O)NCC(=O)N[C@@H](CCCN)C(=O)NC(C(=O)N[C@@H](CC(C)C)C(=O)NCC(N)=O)C(C)C)[C@@H](C)CC. The Kier molecular flexibility index (Phi) is 29.4. The summed E-state index contributed by atoms with van der Waals surface area (Å²) < 4.78 is 0. The van der Waals surface area contributed by atoms with Crippen molar-refractivity contribution in [3.8, 4) is 0 Å². The lowest BCUT2D eigenvalue weighted by molar-refractivity contribution is -0.135. The van der Waals surface area contributed by atoms with Crippen LogP contribution in [0, 0.1) is 17.8 Å². The monoisotopic (exact) mass is 958 g/mol. The second-order valence-electron chi connectivity index (χ2n) is 17.8. The number of amides is 10. The summed E-state index contributed by atoms with van der Waals surface area (Å²) in [7, 11) is 0. The maximum atomic E-state index is 13.6. The molecule has 1 rings (SSSR count). The van der Waals surface area contributed by atoms with Crippen LogP contribution >= 0.6 is 0 Å². The summed E-state index contributed by atoms with van der Waals surface area (Å²) in [5.74, 6) is -7.30. The minimum atomic E-state index is -1.21. The Labute approximate surface area is 401 Å². The first-order valence-corrected chi connectivity index (χ1v) is 23.8. The summed E-state index contributed by atoms with van der Waals surface area (Å²) in [6.45, 7) is 11.0. The third-order valence-electron chi connectivity index (χ3n) is 10.9. The summed E-state index contributed by atoms with van der Waals surface area (Å²) in [6, 6.07) is 3.16. The molecule has 0 spiro atoms. The van der Waals surface area contributed by atoms with Gasteiger partial charge in [-0.25, -0.2) is 0 Å². The molecule has 21 nitrogen and oxygen atoms in total. The molecule has 6 atom stereocenters. The number of nitrogens with one attached hydrogen (secondary N) is 9. The topological polar surface area (TPSA) is 331 Å². The third-order valence-corrected chi connectivity index (χ3v) is 10.9. The van der Waals surface area contributed by atoms with Crippen LogP contribution in [0.15, 0.2) is 30.3 Å². The minimum Gasteiger partial charge on any atom is -0.368 e. The Morgan fingerprint density at radius 3 is 1.66 bits per heavy atom. The molecule has 0 aliphatic rings. The summed E-state index contributed by atoms with van der Waals surface area (Å²) in [4.78, 5) is 130. The summed E-state index contributed by atoms with van der Waals surface area (Å²) in [6.07, 6.45) is 6.28. The fourth-order valence-corrected chi connectivity index (χ4v) is 6.84. The van der Waals surface area contributed by atoms with Crippen molar-refractivity contribution in [2.24, 2.45) is 29.2 Å². The first-order valence-electron chi connectivity index (χ1n) is 23.8. The standard InChI is InChI=1S/C47H79N11O10/c1-8-10-11-12-16-21-37(60)50-26-40(63)57-42(31(7)9-2)46(67)53-28-39(62)55-35(24-32-18-14-13-15-19-32)44(65)52-27-38(61)54-33(20-17-22-48)45(66)58-41(30(5)6)47(68)56-34(23-29(3)4)43(64)51-25-36(49)59/h13-15,18-19,29-31,33-35,41-42H,8-12,16-17,20-28,48H2,1-7H3,(H2,49,59)(H,50,60)(H,51,64)(H,52,65)(H,53,67)(H,54,61)(H,55,62)(H,56,68)(H,57,63)(H,58,66)/t31-,33-,34-,35+,41?,42?/m0/s1. The molecule has 1 aromatic carbocycles. The number of hydrogen-bond acceptors (Lipinski definition) is 11. The van der Waals surface area contributed by atoms with Gasteiger partial charge in [0.05, 0.1) is 26.2 Å². The van der Waals surface area contributed by atoms with E-state index in [0.717, 1.165) is 25.7 Å². The number of carbonyl (C=O) groups is 10. The smallest absolute Gasteiger partial charge is 0.243 e. The zero-order valence-electron chi connectivity index (χ0n) is 41.1. The van der Waals surface area contributed by atoms with E-state index in [0.29, 0.717) is 31.2 Å². The van der Waals surface area contributed by atoms with Crippen LogP contribution < -0.4 is 59.3 Å². The lowest BCUT2D eigenvalue weighted by atomic mass is 9.98. The zero-order valence-corrected chi connectivity index (χ0v) is 41.1. The van der Waals surface area contributed by atoms with E-state index >= 15 is 0 Å². The molecule has 0 saturated heterocycles. The number of benzene rings is 1. The Balaban J connectivity index is 3.01. The van der Waals surface area contributed by atoms with E-state index < -0.39 is 109 Å². The molecule has 382 valence electrons.